The van der Waals surface area contributed by atoms with E-state index in [0.29, 0.717) is 11.0 Å². The molecule has 0 bridgehead atoms. The van der Waals surface area contributed by atoms with Crippen molar-refractivity contribution in [3.63, 3.8) is 0 Å². The van der Waals surface area contributed by atoms with Gasteiger partial charge in [-0.15, -0.1) is 0 Å². The lowest BCUT2D eigenvalue weighted by Gasteiger charge is -2.28. The first-order chi connectivity index (χ1) is 7.96. The Kier molecular flexibility index (Phi) is 7.14. The van der Waals surface area contributed by atoms with Gasteiger partial charge in [0.05, 0.1) is 20.6 Å². The lowest BCUT2D eigenvalue weighted by molar-refractivity contribution is -0.882. The van der Waals surface area contributed by atoms with Crippen LogP contribution in [0.3, 0.4) is 0 Å². The molecular weight excluding hydrogens is 250 g/mol. The Labute approximate surface area is 115 Å². The summed E-state index contributed by atoms with van der Waals surface area (Å²) in [7, 11) is 4.04. The molecule has 0 unspecified atom stereocenters. The summed E-state index contributed by atoms with van der Waals surface area (Å²) in [5, 5.41) is 8.83. The maximum Gasteiger partial charge on any atom is 0.217 e. The molecule has 0 aromatic heterocycles. The summed E-state index contributed by atoms with van der Waals surface area (Å²) in [4.78, 5) is 12.2. The minimum Gasteiger partial charge on any atom is -1.00 e. The zero-order valence-corrected chi connectivity index (χ0v) is 12.1. The van der Waals surface area contributed by atoms with Crippen LogP contribution in [0.4, 0.5) is 0 Å². The zero-order valence-electron chi connectivity index (χ0n) is 11.3. The number of carbonyl (C=O) groups excluding carboxylic acids is 1. The Balaban J connectivity index is 0.00000289. The Morgan fingerprint density at radius 2 is 1.89 bits per heavy atom. The summed E-state index contributed by atoms with van der Waals surface area (Å²) >= 11 is 0. The molecule has 0 atom stereocenters. The number of benzene rings is 1. The summed E-state index contributed by atoms with van der Waals surface area (Å²) in [6.07, 6.45) is 0.730. The van der Waals surface area contributed by atoms with Crippen LogP contribution in [0, 0.1) is 6.92 Å². The number of aryl methyl sites for hydroxylation is 1. The predicted molar refractivity (Wildman–Crippen MR) is 69.1 cm³/mol. The number of rotatable bonds is 6. The van der Waals surface area contributed by atoms with Crippen molar-refractivity contribution in [1.29, 1.82) is 0 Å². The van der Waals surface area contributed by atoms with Gasteiger partial charge in [-0.25, -0.2) is 0 Å². The molecule has 3 nitrogen and oxygen atoms in total. The highest BCUT2D eigenvalue weighted by Gasteiger charge is 2.21. The van der Waals surface area contributed by atoms with Gasteiger partial charge in [-0.1, -0.05) is 24.3 Å². The maximum absolute atomic E-state index is 12.2. The van der Waals surface area contributed by atoms with Crippen LogP contribution in [0.1, 0.15) is 22.3 Å². The summed E-state index contributed by atoms with van der Waals surface area (Å²) < 4.78 is 0.619. The van der Waals surface area contributed by atoms with Gasteiger partial charge in [0, 0.05) is 18.6 Å². The Morgan fingerprint density at radius 1 is 1.28 bits per heavy atom. The Hall–Kier alpha value is -0.900. The van der Waals surface area contributed by atoms with Gasteiger partial charge in [-0.3, -0.25) is 4.79 Å². The van der Waals surface area contributed by atoms with E-state index in [2.05, 4.69) is 0 Å². The molecule has 1 N–H and O–H groups in total. The van der Waals surface area contributed by atoms with Gasteiger partial charge in [0.2, 0.25) is 5.78 Å². The molecule has 102 valence electrons. The molecule has 1 rings (SSSR count). The number of quaternary nitrogens is 1. The molecule has 0 fully saturated rings. The van der Waals surface area contributed by atoms with Crippen molar-refractivity contribution in [3.8, 4) is 0 Å². The maximum atomic E-state index is 12.2. The number of hydrogen-bond donors (Lipinski definition) is 1. The predicted octanol–water partition coefficient (Wildman–Crippen LogP) is -1.36. The number of Topliss-reactive ketones (excluding diaryl/α,β-unsaturated/α-hetero) is 1. The van der Waals surface area contributed by atoms with Crippen molar-refractivity contribution >= 4 is 5.78 Å². The number of aliphatic hydroxyl groups excluding tert-OH is 1. The van der Waals surface area contributed by atoms with E-state index < -0.39 is 0 Å². The van der Waals surface area contributed by atoms with E-state index in [1.807, 2.05) is 45.3 Å². The molecule has 0 heterocycles. The minimum absolute atomic E-state index is 0. The average molecular weight is 272 g/mol. The monoisotopic (exact) mass is 271 g/mol. The van der Waals surface area contributed by atoms with Crippen LogP contribution in [-0.2, 0) is 0 Å². The van der Waals surface area contributed by atoms with Gasteiger partial charge >= 0.3 is 0 Å². The van der Waals surface area contributed by atoms with Gasteiger partial charge < -0.3 is 22.0 Å². The molecule has 0 saturated heterocycles. The van der Waals surface area contributed by atoms with Crippen LogP contribution >= 0.6 is 0 Å². The lowest BCUT2D eigenvalue weighted by atomic mass is 10.0. The first-order valence-electron chi connectivity index (χ1n) is 5.98. The highest BCUT2D eigenvalue weighted by molar-refractivity contribution is 5.98. The quantitative estimate of drug-likeness (QED) is 0.513. The largest absolute Gasteiger partial charge is 1.00 e. The van der Waals surface area contributed by atoms with Crippen molar-refractivity contribution < 1.29 is 26.8 Å². The van der Waals surface area contributed by atoms with Crippen LogP contribution < -0.4 is 12.4 Å². The fourth-order valence-electron chi connectivity index (χ4n) is 1.94. The van der Waals surface area contributed by atoms with Gasteiger partial charge in [0.1, 0.15) is 6.54 Å². The number of carbonyl (C=O) groups is 1. The number of aliphatic hydroxyl groups is 1. The SMILES string of the molecule is Cc1ccccc1C(=O)C[N+](C)(C)CCCO.[Cl-]. The van der Waals surface area contributed by atoms with Crippen LogP contribution in [-0.4, -0.2) is 49.2 Å². The third-order valence-electron chi connectivity index (χ3n) is 2.94. The number of ketones is 1. The fourth-order valence-corrected chi connectivity index (χ4v) is 1.94. The highest BCUT2D eigenvalue weighted by atomic mass is 35.5. The molecule has 0 spiro atoms. The van der Waals surface area contributed by atoms with E-state index in [1.165, 1.54) is 0 Å². The van der Waals surface area contributed by atoms with Gasteiger partial charge in [0.25, 0.3) is 0 Å². The third kappa shape index (κ3) is 5.17. The van der Waals surface area contributed by atoms with E-state index in [9.17, 15) is 4.79 Å². The number of likely N-dealkylation sites (N-methyl/N-ethyl adjacent to an activating group) is 1. The molecule has 0 aliphatic heterocycles. The highest BCUT2D eigenvalue weighted by Crippen LogP contribution is 2.10. The van der Waals surface area contributed by atoms with E-state index in [0.717, 1.165) is 24.1 Å². The molecule has 0 amide bonds. The van der Waals surface area contributed by atoms with Crippen LogP contribution in [0.2, 0.25) is 0 Å². The molecular formula is C14H22ClNO2. The van der Waals surface area contributed by atoms with E-state index >= 15 is 0 Å². The van der Waals surface area contributed by atoms with Crippen LogP contribution in [0.15, 0.2) is 24.3 Å². The zero-order chi connectivity index (χ0) is 12.9. The molecule has 0 radical (unpaired) electrons. The van der Waals surface area contributed by atoms with E-state index in [1.54, 1.807) is 0 Å². The molecule has 4 heteroatoms. The standard InChI is InChI=1S/C14H22NO2.ClH/c1-12-7-4-5-8-13(12)14(17)11-15(2,3)9-6-10-16;/h4-5,7-8,16H,6,9-11H2,1-3H3;1H/q+1;/p-1. The lowest BCUT2D eigenvalue weighted by Crippen LogP contribution is -3.00. The molecule has 1 aromatic rings. The summed E-state index contributed by atoms with van der Waals surface area (Å²) in [6.45, 7) is 3.43. The molecule has 0 aliphatic rings. The number of hydrogen-bond acceptors (Lipinski definition) is 2. The molecule has 0 aliphatic carbocycles. The molecule has 18 heavy (non-hydrogen) atoms. The summed E-state index contributed by atoms with van der Waals surface area (Å²) in [5.74, 6) is 0.172. The second-order valence-electron chi connectivity index (χ2n) is 5.13. The first kappa shape index (κ1) is 17.1. The van der Waals surface area contributed by atoms with Gasteiger partial charge in [-0.05, 0) is 12.5 Å². The third-order valence-corrected chi connectivity index (χ3v) is 2.94. The van der Waals surface area contributed by atoms with Crippen LogP contribution in [0.5, 0.6) is 0 Å². The van der Waals surface area contributed by atoms with Crippen LogP contribution in [0.25, 0.3) is 0 Å². The summed E-state index contributed by atoms with van der Waals surface area (Å²) in [6, 6.07) is 7.68. The van der Waals surface area contributed by atoms with Crippen molar-refractivity contribution in [2.24, 2.45) is 0 Å². The Bertz CT molecular complexity index is 391. The van der Waals surface area contributed by atoms with E-state index in [-0.39, 0.29) is 24.8 Å². The Morgan fingerprint density at radius 3 is 2.44 bits per heavy atom. The smallest absolute Gasteiger partial charge is 0.217 e. The van der Waals surface area contributed by atoms with Crippen molar-refractivity contribution in [3.05, 3.63) is 35.4 Å². The first-order valence-corrected chi connectivity index (χ1v) is 5.98. The summed E-state index contributed by atoms with van der Waals surface area (Å²) in [5.41, 5.74) is 1.84. The fraction of sp³-hybridized carbons (Fsp3) is 0.500. The minimum atomic E-state index is 0. The van der Waals surface area contributed by atoms with Gasteiger partial charge in [0.15, 0.2) is 0 Å². The average Bonchev–Trinajstić information content (AvgIpc) is 2.26. The molecule has 0 saturated carbocycles. The second-order valence-corrected chi connectivity index (χ2v) is 5.13. The van der Waals surface area contributed by atoms with E-state index in [4.69, 9.17) is 5.11 Å². The van der Waals surface area contributed by atoms with Gasteiger partial charge in [-0.2, -0.15) is 0 Å². The van der Waals surface area contributed by atoms with Crippen molar-refractivity contribution in [2.45, 2.75) is 13.3 Å². The molecule has 1 aromatic carbocycles. The number of nitrogens with zero attached hydrogens (tertiary/aromatic N) is 1. The van der Waals surface area contributed by atoms with Crippen molar-refractivity contribution in [2.75, 3.05) is 33.8 Å². The second kappa shape index (κ2) is 7.52. The number of halogens is 1. The normalized spacial score (nSPS) is 10.9. The van der Waals surface area contributed by atoms with Crippen molar-refractivity contribution in [1.82, 2.24) is 0 Å². The topological polar surface area (TPSA) is 37.3 Å².